The molecular weight excluding hydrogens is 282 g/mol. The smallest absolute Gasteiger partial charge is 0.269 e. The van der Waals surface area contributed by atoms with Crippen LogP contribution in [0, 0.1) is 10.1 Å². The lowest BCUT2D eigenvalue weighted by atomic mass is 10.1. The largest absolute Gasteiger partial charge is 0.493 e. The Morgan fingerprint density at radius 2 is 1.68 bits per heavy atom. The van der Waals surface area contributed by atoms with E-state index in [1.54, 1.807) is 19.2 Å². The molecule has 0 aliphatic heterocycles. The minimum absolute atomic E-state index is 0.0832. The molecule has 0 unspecified atom stereocenters. The van der Waals surface area contributed by atoms with Crippen LogP contribution in [0.2, 0.25) is 0 Å². The van der Waals surface area contributed by atoms with Crippen molar-refractivity contribution in [2.24, 2.45) is 0 Å². The molecule has 5 heteroatoms. The van der Waals surface area contributed by atoms with Gasteiger partial charge in [0.25, 0.3) is 5.69 Å². The Kier molecular flexibility index (Phi) is 5.14. The van der Waals surface area contributed by atoms with Gasteiger partial charge in [0.15, 0.2) is 11.5 Å². The maximum atomic E-state index is 10.6. The predicted octanol–water partition coefficient (Wildman–Crippen LogP) is 4.17. The van der Waals surface area contributed by atoms with Gasteiger partial charge in [0, 0.05) is 12.1 Å². The summed E-state index contributed by atoms with van der Waals surface area (Å²) in [5, 5.41) is 10.6. The number of hydrogen-bond donors (Lipinski definition) is 0. The average Bonchev–Trinajstić information content (AvgIpc) is 2.54. The third kappa shape index (κ3) is 3.85. The number of hydrogen-bond acceptors (Lipinski definition) is 4. The van der Waals surface area contributed by atoms with E-state index in [0.717, 1.165) is 11.1 Å². The van der Waals surface area contributed by atoms with E-state index in [2.05, 4.69) is 0 Å². The standard InChI is InChI=1S/C17H17NO4/c1-3-22-16-11-8-14(12-17(16)21-2)5-4-13-6-9-15(10-7-13)18(19)20/h4-12H,3H2,1-2H3/b5-4+. The molecule has 0 radical (unpaired) electrons. The minimum atomic E-state index is -0.412. The zero-order valence-electron chi connectivity index (χ0n) is 12.5. The topological polar surface area (TPSA) is 61.6 Å². The molecule has 0 aromatic heterocycles. The van der Waals surface area contributed by atoms with Crippen molar-refractivity contribution >= 4 is 17.8 Å². The summed E-state index contributed by atoms with van der Waals surface area (Å²) in [6.07, 6.45) is 3.80. The van der Waals surface area contributed by atoms with Crippen molar-refractivity contribution in [1.82, 2.24) is 0 Å². The first-order valence-corrected chi connectivity index (χ1v) is 6.87. The van der Waals surface area contributed by atoms with Gasteiger partial charge in [0.05, 0.1) is 18.6 Å². The van der Waals surface area contributed by atoms with Crippen LogP contribution >= 0.6 is 0 Å². The van der Waals surface area contributed by atoms with E-state index in [4.69, 9.17) is 9.47 Å². The van der Waals surface area contributed by atoms with Gasteiger partial charge in [-0.3, -0.25) is 10.1 Å². The van der Waals surface area contributed by atoms with Crippen LogP contribution < -0.4 is 9.47 Å². The molecule has 0 atom stereocenters. The molecule has 5 nitrogen and oxygen atoms in total. The van der Waals surface area contributed by atoms with Gasteiger partial charge < -0.3 is 9.47 Å². The van der Waals surface area contributed by atoms with Crippen LogP contribution in [-0.2, 0) is 0 Å². The molecule has 114 valence electrons. The fourth-order valence-electron chi connectivity index (χ4n) is 1.96. The number of non-ortho nitro benzene ring substituents is 1. The van der Waals surface area contributed by atoms with Crippen LogP contribution in [0.4, 0.5) is 5.69 Å². The van der Waals surface area contributed by atoms with Crippen molar-refractivity contribution in [3.8, 4) is 11.5 Å². The Morgan fingerprint density at radius 3 is 2.27 bits per heavy atom. The fraction of sp³-hybridized carbons (Fsp3) is 0.176. The number of nitro groups is 1. The summed E-state index contributed by atoms with van der Waals surface area (Å²) in [5.74, 6) is 1.38. The zero-order valence-corrected chi connectivity index (χ0v) is 12.5. The molecule has 0 heterocycles. The predicted molar refractivity (Wildman–Crippen MR) is 86.2 cm³/mol. The van der Waals surface area contributed by atoms with Crippen molar-refractivity contribution in [2.75, 3.05) is 13.7 Å². The van der Waals surface area contributed by atoms with Crippen LogP contribution in [0.25, 0.3) is 12.2 Å². The van der Waals surface area contributed by atoms with Crippen molar-refractivity contribution < 1.29 is 14.4 Å². The SMILES string of the molecule is CCOc1ccc(/C=C/c2ccc([N+](=O)[O-])cc2)cc1OC. The van der Waals surface area contributed by atoms with E-state index in [1.807, 2.05) is 37.3 Å². The molecule has 0 N–H and O–H groups in total. The van der Waals surface area contributed by atoms with Crippen LogP contribution in [0.3, 0.4) is 0 Å². The van der Waals surface area contributed by atoms with Crippen molar-refractivity contribution in [2.45, 2.75) is 6.92 Å². The molecule has 2 aromatic carbocycles. The van der Waals surface area contributed by atoms with Gasteiger partial charge >= 0.3 is 0 Å². The van der Waals surface area contributed by atoms with E-state index in [0.29, 0.717) is 18.1 Å². The first kappa shape index (κ1) is 15.6. The summed E-state index contributed by atoms with van der Waals surface area (Å²) in [7, 11) is 1.60. The maximum absolute atomic E-state index is 10.6. The lowest BCUT2D eigenvalue weighted by Crippen LogP contribution is -1.95. The van der Waals surface area contributed by atoms with Gasteiger partial charge in [-0.2, -0.15) is 0 Å². The Bertz CT molecular complexity index is 678. The molecule has 0 amide bonds. The van der Waals surface area contributed by atoms with Crippen molar-refractivity contribution in [1.29, 1.82) is 0 Å². The van der Waals surface area contributed by atoms with E-state index in [9.17, 15) is 10.1 Å². The van der Waals surface area contributed by atoms with E-state index in [-0.39, 0.29) is 5.69 Å². The first-order chi connectivity index (χ1) is 10.6. The second-order valence-electron chi connectivity index (χ2n) is 4.53. The highest BCUT2D eigenvalue weighted by atomic mass is 16.6. The number of methoxy groups -OCH3 is 1. The van der Waals surface area contributed by atoms with Gasteiger partial charge in [-0.15, -0.1) is 0 Å². The Balaban J connectivity index is 2.17. The summed E-state index contributed by atoms with van der Waals surface area (Å²) >= 11 is 0. The molecule has 0 fully saturated rings. The van der Waals surface area contributed by atoms with Crippen LogP contribution in [-0.4, -0.2) is 18.6 Å². The summed E-state index contributed by atoms with van der Waals surface area (Å²) in [4.78, 5) is 10.2. The number of nitrogens with zero attached hydrogens (tertiary/aromatic N) is 1. The quantitative estimate of drug-likeness (QED) is 0.456. The zero-order chi connectivity index (χ0) is 15.9. The molecular formula is C17H17NO4. The Labute approximate surface area is 129 Å². The number of benzene rings is 2. The fourth-order valence-corrected chi connectivity index (χ4v) is 1.96. The summed E-state index contributed by atoms with van der Waals surface area (Å²) < 4.78 is 10.8. The first-order valence-electron chi connectivity index (χ1n) is 6.87. The maximum Gasteiger partial charge on any atom is 0.269 e. The van der Waals surface area contributed by atoms with Gasteiger partial charge in [-0.25, -0.2) is 0 Å². The van der Waals surface area contributed by atoms with Crippen LogP contribution in [0.1, 0.15) is 18.1 Å². The van der Waals surface area contributed by atoms with Gasteiger partial charge in [-0.1, -0.05) is 18.2 Å². The molecule has 0 bridgehead atoms. The van der Waals surface area contributed by atoms with Crippen molar-refractivity contribution in [3.05, 3.63) is 63.7 Å². The second-order valence-corrected chi connectivity index (χ2v) is 4.53. The summed E-state index contributed by atoms with van der Waals surface area (Å²) in [5.41, 5.74) is 1.93. The van der Waals surface area contributed by atoms with Crippen molar-refractivity contribution in [3.63, 3.8) is 0 Å². The second kappa shape index (κ2) is 7.26. The molecule has 0 aliphatic carbocycles. The molecule has 2 rings (SSSR count). The minimum Gasteiger partial charge on any atom is -0.493 e. The lowest BCUT2D eigenvalue weighted by molar-refractivity contribution is -0.384. The third-order valence-electron chi connectivity index (χ3n) is 3.06. The van der Waals surface area contributed by atoms with E-state index < -0.39 is 4.92 Å². The van der Waals surface area contributed by atoms with Crippen LogP contribution in [0.5, 0.6) is 11.5 Å². The Hall–Kier alpha value is -2.82. The van der Waals surface area contributed by atoms with Crippen LogP contribution in [0.15, 0.2) is 42.5 Å². The summed E-state index contributed by atoms with van der Waals surface area (Å²) in [6.45, 7) is 2.50. The summed E-state index contributed by atoms with van der Waals surface area (Å²) in [6, 6.07) is 12.1. The molecule has 0 saturated carbocycles. The van der Waals surface area contributed by atoms with Gasteiger partial charge in [0.1, 0.15) is 0 Å². The molecule has 0 aliphatic rings. The van der Waals surface area contributed by atoms with E-state index in [1.165, 1.54) is 12.1 Å². The van der Waals surface area contributed by atoms with Gasteiger partial charge in [-0.05, 0) is 42.3 Å². The number of nitro benzene ring substituents is 1. The Morgan fingerprint density at radius 1 is 1.05 bits per heavy atom. The molecule has 2 aromatic rings. The highest BCUT2D eigenvalue weighted by Gasteiger charge is 2.04. The third-order valence-corrected chi connectivity index (χ3v) is 3.06. The number of ether oxygens (including phenoxy) is 2. The lowest BCUT2D eigenvalue weighted by Gasteiger charge is -2.09. The highest BCUT2D eigenvalue weighted by molar-refractivity contribution is 5.71. The average molecular weight is 299 g/mol. The number of rotatable bonds is 6. The molecule has 0 saturated heterocycles. The van der Waals surface area contributed by atoms with Gasteiger partial charge in [0.2, 0.25) is 0 Å². The molecule has 22 heavy (non-hydrogen) atoms. The normalized spacial score (nSPS) is 10.6. The van der Waals surface area contributed by atoms with E-state index >= 15 is 0 Å². The molecule has 0 spiro atoms. The monoisotopic (exact) mass is 299 g/mol. The highest BCUT2D eigenvalue weighted by Crippen LogP contribution is 2.28.